The summed E-state index contributed by atoms with van der Waals surface area (Å²) in [7, 11) is 1.64. The fourth-order valence-electron chi connectivity index (χ4n) is 0.969. The summed E-state index contributed by atoms with van der Waals surface area (Å²) in [5, 5.41) is 0. The van der Waals surface area contributed by atoms with Crippen LogP contribution in [0.15, 0.2) is 33.7 Å². The molecule has 0 spiro atoms. The maximum absolute atomic E-state index is 5.76. The number of hydrogen-bond donors (Lipinski definition) is 1. The van der Waals surface area contributed by atoms with Gasteiger partial charge >= 0.3 is 0 Å². The van der Waals surface area contributed by atoms with Gasteiger partial charge in [-0.1, -0.05) is 28.1 Å². The number of amidine groups is 1. The second kappa shape index (κ2) is 7.68. The molecule has 0 atom stereocenters. The minimum Gasteiger partial charge on any atom is -0.384 e. The van der Waals surface area contributed by atoms with E-state index in [4.69, 9.17) is 10.5 Å². The monoisotopic (exact) mass is 292 g/mol. The van der Waals surface area contributed by atoms with Crippen molar-refractivity contribution in [3.63, 3.8) is 0 Å². The van der Waals surface area contributed by atoms with Crippen LogP contribution in [0.25, 0.3) is 0 Å². The Morgan fingerprint density at radius 1 is 1.40 bits per heavy atom. The van der Waals surface area contributed by atoms with E-state index in [-0.39, 0.29) is 12.4 Å². The van der Waals surface area contributed by atoms with Crippen molar-refractivity contribution in [3.8, 4) is 0 Å². The summed E-state index contributed by atoms with van der Waals surface area (Å²) < 4.78 is 5.91. The Hall–Kier alpha value is -0.580. The summed E-state index contributed by atoms with van der Waals surface area (Å²) in [5.74, 6) is 0.551. The SMILES string of the molecule is COCCN=C(N)c1ccc(Br)cc1.Cl. The fraction of sp³-hybridized carbons (Fsp3) is 0.300. The molecule has 1 aromatic rings. The number of nitrogens with two attached hydrogens (primary N) is 1. The molecule has 0 saturated carbocycles. The molecule has 0 unspecified atom stereocenters. The molecule has 0 saturated heterocycles. The summed E-state index contributed by atoms with van der Waals surface area (Å²) in [5.41, 5.74) is 6.70. The van der Waals surface area contributed by atoms with Crippen LogP contribution in [0, 0.1) is 0 Å². The van der Waals surface area contributed by atoms with Crippen LogP contribution >= 0.6 is 28.3 Å². The van der Waals surface area contributed by atoms with Crippen molar-refractivity contribution in [2.24, 2.45) is 10.7 Å². The van der Waals surface area contributed by atoms with Crippen LogP contribution in [-0.4, -0.2) is 26.1 Å². The Balaban J connectivity index is 0.00000196. The van der Waals surface area contributed by atoms with Gasteiger partial charge < -0.3 is 10.5 Å². The van der Waals surface area contributed by atoms with Gasteiger partial charge in [0.1, 0.15) is 5.84 Å². The van der Waals surface area contributed by atoms with Gasteiger partial charge in [0, 0.05) is 17.1 Å². The zero-order valence-corrected chi connectivity index (χ0v) is 10.8. The first-order valence-electron chi connectivity index (χ1n) is 4.29. The van der Waals surface area contributed by atoms with Crippen LogP contribution in [0.4, 0.5) is 0 Å². The van der Waals surface area contributed by atoms with Crippen molar-refractivity contribution < 1.29 is 4.74 Å². The summed E-state index contributed by atoms with van der Waals surface area (Å²) >= 11 is 3.36. The van der Waals surface area contributed by atoms with E-state index in [1.54, 1.807) is 7.11 Å². The molecule has 84 valence electrons. The Bertz CT molecular complexity index is 314. The van der Waals surface area contributed by atoms with Crippen LogP contribution in [0.5, 0.6) is 0 Å². The molecule has 1 rings (SSSR count). The molecule has 0 fully saturated rings. The third kappa shape index (κ3) is 5.16. The molecule has 0 radical (unpaired) electrons. The number of ether oxygens (including phenoxy) is 1. The number of rotatable bonds is 4. The molecule has 0 amide bonds. The van der Waals surface area contributed by atoms with Gasteiger partial charge in [-0.2, -0.15) is 0 Å². The molecule has 0 bridgehead atoms. The highest BCUT2D eigenvalue weighted by molar-refractivity contribution is 9.10. The number of hydrogen-bond acceptors (Lipinski definition) is 2. The van der Waals surface area contributed by atoms with Crippen molar-refractivity contribution in [1.29, 1.82) is 0 Å². The van der Waals surface area contributed by atoms with E-state index in [0.29, 0.717) is 19.0 Å². The molecule has 0 aliphatic heterocycles. The molecule has 3 nitrogen and oxygen atoms in total. The van der Waals surface area contributed by atoms with Crippen molar-refractivity contribution in [2.75, 3.05) is 20.3 Å². The molecule has 0 heterocycles. The molecule has 5 heteroatoms. The maximum atomic E-state index is 5.76. The van der Waals surface area contributed by atoms with Crippen LogP contribution in [0.2, 0.25) is 0 Å². The standard InChI is InChI=1S/C10H13BrN2O.ClH/c1-14-7-6-13-10(12)8-2-4-9(11)5-3-8;/h2-5H,6-7H2,1H3,(H2,12,13);1H. The van der Waals surface area contributed by atoms with Crippen molar-refractivity contribution >= 4 is 34.2 Å². The predicted octanol–water partition coefficient (Wildman–Crippen LogP) is 2.22. The van der Waals surface area contributed by atoms with Gasteiger partial charge in [0.15, 0.2) is 0 Å². The first-order chi connectivity index (χ1) is 6.74. The molecule has 1 aromatic carbocycles. The van der Waals surface area contributed by atoms with Crippen LogP contribution in [0.3, 0.4) is 0 Å². The first-order valence-corrected chi connectivity index (χ1v) is 5.08. The Morgan fingerprint density at radius 2 is 2.00 bits per heavy atom. The van der Waals surface area contributed by atoms with E-state index in [1.165, 1.54) is 0 Å². The summed E-state index contributed by atoms with van der Waals surface area (Å²) in [6, 6.07) is 7.73. The van der Waals surface area contributed by atoms with E-state index in [1.807, 2.05) is 24.3 Å². The highest BCUT2D eigenvalue weighted by Crippen LogP contribution is 2.10. The Kier molecular flexibility index (Phi) is 7.38. The predicted molar refractivity (Wildman–Crippen MR) is 68.9 cm³/mol. The lowest BCUT2D eigenvalue weighted by atomic mass is 10.2. The number of methoxy groups -OCH3 is 1. The molecule has 0 aromatic heterocycles. The highest BCUT2D eigenvalue weighted by atomic mass is 79.9. The van der Waals surface area contributed by atoms with E-state index < -0.39 is 0 Å². The zero-order chi connectivity index (χ0) is 10.4. The van der Waals surface area contributed by atoms with Crippen LogP contribution in [-0.2, 0) is 4.74 Å². The number of nitrogens with zero attached hydrogens (tertiary/aromatic N) is 1. The lowest BCUT2D eigenvalue weighted by molar-refractivity contribution is 0.208. The third-order valence-corrected chi connectivity index (χ3v) is 2.25. The normalized spacial score (nSPS) is 10.9. The van der Waals surface area contributed by atoms with Crippen LogP contribution < -0.4 is 5.73 Å². The fourth-order valence-corrected chi connectivity index (χ4v) is 1.23. The number of benzene rings is 1. The molecule has 15 heavy (non-hydrogen) atoms. The first kappa shape index (κ1) is 14.4. The number of halogens is 2. The van der Waals surface area contributed by atoms with Gasteiger partial charge in [-0.05, 0) is 12.1 Å². The Morgan fingerprint density at radius 3 is 2.53 bits per heavy atom. The lowest BCUT2D eigenvalue weighted by Gasteiger charge is -2.00. The topological polar surface area (TPSA) is 47.6 Å². The third-order valence-electron chi connectivity index (χ3n) is 1.72. The highest BCUT2D eigenvalue weighted by Gasteiger charge is 1.96. The molecule has 2 N–H and O–H groups in total. The van der Waals surface area contributed by atoms with E-state index in [0.717, 1.165) is 10.0 Å². The van der Waals surface area contributed by atoms with Crippen molar-refractivity contribution in [1.82, 2.24) is 0 Å². The van der Waals surface area contributed by atoms with Gasteiger partial charge in [-0.25, -0.2) is 0 Å². The van der Waals surface area contributed by atoms with Crippen molar-refractivity contribution in [2.45, 2.75) is 0 Å². The average Bonchev–Trinajstić information content (AvgIpc) is 2.19. The van der Waals surface area contributed by atoms with Crippen molar-refractivity contribution in [3.05, 3.63) is 34.3 Å². The molecule has 0 aliphatic carbocycles. The second-order valence-corrected chi connectivity index (χ2v) is 3.68. The number of aliphatic imine (C=N–C) groups is 1. The van der Waals surface area contributed by atoms with Crippen LogP contribution in [0.1, 0.15) is 5.56 Å². The summed E-state index contributed by atoms with van der Waals surface area (Å²) in [6.45, 7) is 1.19. The van der Waals surface area contributed by atoms with E-state index in [9.17, 15) is 0 Å². The van der Waals surface area contributed by atoms with Gasteiger partial charge in [0.25, 0.3) is 0 Å². The van der Waals surface area contributed by atoms with Gasteiger partial charge in [-0.3, -0.25) is 4.99 Å². The maximum Gasteiger partial charge on any atom is 0.125 e. The smallest absolute Gasteiger partial charge is 0.125 e. The Labute approximate surface area is 104 Å². The minimum atomic E-state index is 0. The largest absolute Gasteiger partial charge is 0.384 e. The zero-order valence-electron chi connectivity index (χ0n) is 8.44. The summed E-state index contributed by atoms with van der Waals surface area (Å²) in [4.78, 5) is 4.17. The van der Waals surface area contributed by atoms with E-state index >= 15 is 0 Å². The minimum absolute atomic E-state index is 0. The average molecular weight is 294 g/mol. The molecular formula is C10H14BrClN2O. The lowest BCUT2D eigenvalue weighted by Crippen LogP contribution is -2.14. The molecular weight excluding hydrogens is 279 g/mol. The second-order valence-electron chi connectivity index (χ2n) is 2.77. The van der Waals surface area contributed by atoms with Gasteiger partial charge in [-0.15, -0.1) is 12.4 Å². The quantitative estimate of drug-likeness (QED) is 0.526. The van der Waals surface area contributed by atoms with Gasteiger partial charge in [0.2, 0.25) is 0 Å². The van der Waals surface area contributed by atoms with Gasteiger partial charge in [0.05, 0.1) is 13.2 Å². The van der Waals surface area contributed by atoms with E-state index in [2.05, 4.69) is 20.9 Å². The summed E-state index contributed by atoms with van der Waals surface area (Å²) in [6.07, 6.45) is 0. The molecule has 0 aliphatic rings.